The molecule has 1 aromatic carbocycles. The Labute approximate surface area is 58.2 Å². The molecule has 0 spiro atoms. The maximum Gasteiger partial charge on any atom is 0.136 e. The van der Waals surface area contributed by atoms with Gasteiger partial charge in [-0.05, 0) is 12.1 Å². The van der Waals surface area contributed by atoms with Gasteiger partial charge in [0, 0.05) is 4.90 Å². The normalized spacial score (nSPS) is 8.22. The van der Waals surface area contributed by atoms with Crippen LogP contribution in [-0.4, -0.2) is 5.48 Å². The van der Waals surface area contributed by atoms with Crippen LogP contribution in [0.15, 0.2) is 29.2 Å². The van der Waals surface area contributed by atoms with Gasteiger partial charge in [-0.15, -0.1) is 12.6 Å². The molecule has 0 unspecified atom stereocenters. The summed E-state index contributed by atoms with van der Waals surface area (Å²) in [4.78, 5) is 0.396. The fraction of sp³-hybridized carbons (Fsp3) is 0. The predicted molar refractivity (Wildman–Crippen MR) is 37.3 cm³/mol. The van der Waals surface area contributed by atoms with Gasteiger partial charge in [-0.2, -0.15) is 0 Å². The van der Waals surface area contributed by atoms with Crippen LogP contribution >= 0.6 is 12.6 Å². The second-order valence-electron chi connectivity index (χ2n) is 1.45. The van der Waals surface area contributed by atoms with Crippen LogP contribution in [0, 0.1) is 5.82 Å². The van der Waals surface area contributed by atoms with Gasteiger partial charge >= 0.3 is 0 Å². The number of rotatable bonds is 0. The quantitative estimate of drug-likeness (QED) is 0.535. The molecule has 0 radical (unpaired) electrons. The average Bonchev–Trinajstić information content (AvgIpc) is 1.77. The molecular weight excluding hydrogens is 139 g/mol. The summed E-state index contributed by atoms with van der Waals surface area (Å²) in [6.45, 7) is 0. The van der Waals surface area contributed by atoms with E-state index in [4.69, 9.17) is 0 Å². The highest BCUT2D eigenvalue weighted by atomic mass is 32.1. The first-order valence-corrected chi connectivity index (χ1v) is 2.69. The van der Waals surface area contributed by atoms with Crippen molar-refractivity contribution in [2.24, 2.45) is 0 Å². The van der Waals surface area contributed by atoms with Gasteiger partial charge in [0.2, 0.25) is 0 Å². The summed E-state index contributed by atoms with van der Waals surface area (Å²) < 4.78 is 12.2. The summed E-state index contributed by atoms with van der Waals surface area (Å²) in [5.74, 6) is -0.268. The third-order valence-electron chi connectivity index (χ3n) is 0.852. The second kappa shape index (κ2) is 3.48. The van der Waals surface area contributed by atoms with Crippen LogP contribution in [0.25, 0.3) is 0 Å². The Morgan fingerprint density at radius 3 is 2.11 bits per heavy atom. The summed E-state index contributed by atoms with van der Waals surface area (Å²) in [5, 5.41) is 0. The zero-order valence-electron chi connectivity index (χ0n) is 4.63. The van der Waals surface area contributed by atoms with Crippen LogP contribution in [0.5, 0.6) is 0 Å². The van der Waals surface area contributed by atoms with Crippen LogP contribution in [0.1, 0.15) is 0 Å². The number of thiol groups is 1. The van der Waals surface area contributed by atoms with E-state index in [2.05, 4.69) is 12.6 Å². The van der Waals surface area contributed by atoms with Crippen LogP contribution < -0.4 is 0 Å². The van der Waals surface area contributed by atoms with Crippen LogP contribution in [-0.2, 0) is 0 Å². The van der Waals surface area contributed by atoms with Crippen molar-refractivity contribution in [1.29, 1.82) is 0 Å². The topological polar surface area (TPSA) is 31.5 Å². The van der Waals surface area contributed by atoms with Crippen molar-refractivity contribution in [1.82, 2.24) is 0 Å². The molecule has 0 saturated carbocycles. The molecule has 1 nitrogen and oxygen atoms in total. The van der Waals surface area contributed by atoms with E-state index < -0.39 is 0 Å². The molecule has 50 valence electrons. The summed E-state index contributed by atoms with van der Waals surface area (Å²) in [7, 11) is 0. The van der Waals surface area contributed by atoms with E-state index in [1.807, 2.05) is 0 Å². The maximum atomic E-state index is 12.2. The van der Waals surface area contributed by atoms with Crippen LogP contribution in [0.3, 0.4) is 0 Å². The molecule has 1 rings (SSSR count). The van der Waals surface area contributed by atoms with E-state index in [1.54, 1.807) is 18.2 Å². The average molecular weight is 146 g/mol. The van der Waals surface area contributed by atoms with Crippen molar-refractivity contribution < 1.29 is 9.87 Å². The Hall–Kier alpha value is -0.540. The standard InChI is InChI=1S/C6H5FS.H2O/c7-5-3-1-2-4-6(5)8;/h1-4,8H;1H2. The molecule has 3 heteroatoms. The largest absolute Gasteiger partial charge is 0.412 e. The van der Waals surface area contributed by atoms with Gasteiger partial charge in [0.15, 0.2) is 0 Å². The van der Waals surface area contributed by atoms with E-state index in [-0.39, 0.29) is 11.3 Å². The molecule has 0 saturated heterocycles. The Morgan fingerprint density at radius 2 is 1.78 bits per heavy atom. The summed E-state index contributed by atoms with van der Waals surface area (Å²) >= 11 is 3.82. The second-order valence-corrected chi connectivity index (χ2v) is 1.93. The third-order valence-corrected chi connectivity index (χ3v) is 1.22. The third kappa shape index (κ3) is 2.03. The molecule has 2 N–H and O–H groups in total. The molecule has 0 heterocycles. The van der Waals surface area contributed by atoms with Crippen molar-refractivity contribution in [2.75, 3.05) is 0 Å². The number of hydrogen-bond donors (Lipinski definition) is 1. The number of benzene rings is 1. The zero-order valence-corrected chi connectivity index (χ0v) is 5.53. The SMILES string of the molecule is Fc1ccccc1S.O. The molecule has 0 fully saturated rings. The minimum absolute atomic E-state index is 0. The van der Waals surface area contributed by atoms with Crippen LogP contribution in [0.4, 0.5) is 4.39 Å². The Balaban J connectivity index is 0.000000640. The van der Waals surface area contributed by atoms with E-state index in [9.17, 15) is 4.39 Å². The number of halogens is 1. The lowest BCUT2D eigenvalue weighted by atomic mass is 10.4. The molecule has 0 aromatic heterocycles. The highest BCUT2D eigenvalue weighted by molar-refractivity contribution is 7.80. The van der Waals surface area contributed by atoms with Crippen molar-refractivity contribution in [3.63, 3.8) is 0 Å². The smallest absolute Gasteiger partial charge is 0.136 e. The van der Waals surface area contributed by atoms with Crippen molar-refractivity contribution in [2.45, 2.75) is 4.90 Å². The molecule has 9 heavy (non-hydrogen) atoms. The molecular formula is C6H7FOS. The van der Waals surface area contributed by atoms with E-state index in [0.717, 1.165) is 0 Å². The first-order valence-electron chi connectivity index (χ1n) is 2.24. The Kier molecular flexibility index (Phi) is 3.27. The Bertz CT molecular complexity index is 169. The van der Waals surface area contributed by atoms with Gasteiger partial charge in [0.05, 0.1) is 0 Å². The highest BCUT2D eigenvalue weighted by Gasteiger charge is 1.89. The monoisotopic (exact) mass is 146 g/mol. The lowest BCUT2D eigenvalue weighted by Crippen LogP contribution is -1.71. The lowest BCUT2D eigenvalue weighted by Gasteiger charge is -1.88. The molecule has 0 aliphatic carbocycles. The highest BCUT2D eigenvalue weighted by Crippen LogP contribution is 2.08. The van der Waals surface area contributed by atoms with E-state index >= 15 is 0 Å². The van der Waals surface area contributed by atoms with Gasteiger partial charge in [0.25, 0.3) is 0 Å². The van der Waals surface area contributed by atoms with Crippen LogP contribution in [0.2, 0.25) is 0 Å². The summed E-state index contributed by atoms with van der Waals surface area (Å²) in [5.41, 5.74) is 0. The minimum Gasteiger partial charge on any atom is -0.412 e. The Morgan fingerprint density at radius 1 is 1.22 bits per heavy atom. The summed E-state index contributed by atoms with van der Waals surface area (Å²) in [6, 6.07) is 6.36. The molecule has 0 bridgehead atoms. The molecule has 0 amide bonds. The van der Waals surface area contributed by atoms with Gasteiger partial charge in [-0.1, -0.05) is 12.1 Å². The predicted octanol–water partition coefficient (Wildman–Crippen LogP) is 1.29. The van der Waals surface area contributed by atoms with Gasteiger partial charge in [-0.25, -0.2) is 4.39 Å². The van der Waals surface area contributed by atoms with Gasteiger partial charge < -0.3 is 5.48 Å². The number of hydrogen-bond acceptors (Lipinski definition) is 1. The minimum atomic E-state index is -0.268. The van der Waals surface area contributed by atoms with E-state index in [0.29, 0.717) is 4.90 Å². The maximum absolute atomic E-state index is 12.2. The first kappa shape index (κ1) is 8.46. The lowest BCUT2D eigenvalue weighted by molar-refractivity contribution is 0.602. The summed E-state index contributed by atoms with van der Waals surface area (Å²) in [6.07, 6.45) is 0. The first-order chi connectivity index (χ1) is 3.80. The van der Waals surface area contributed by atoms with Crippen molar-refractivity contribution >= 4 is 12.6 Å². The molecule has 1 aromatic rings. The molecule has 0 aliphatic heterocycles. The molecule has 0 atom stereocenters. The fourth-order valence-electron chi connectivity index (χ4n) is 0.452. The van der Waals surface area contributed by atoms with Gasteiger partial charge in [0.1, 0.15) is 5.82 Å². The van der Waals surface area contributed by atoms with Gasteiger partial charge in [-0.3, -0.25) is 0 Å². The fourth-order valence-corrected chi connectivity index (χ4v) is 0.612. The molecule has 0 aliphatic rings. The van der Waals surface area contributed by atoms with Crippen molar-refractivity contribution in [3.05, 3.63) is 30.1 Å². The van der Waals surface area contributed by atoms with E-state index in [1.165, 1.54) is 6.07 Å². The zero-order chi connectivity index (χ0) is 5.98. The van der Waals surface area contributed by atoms with Crippen molar-refractivity contribution in [3.8, 4) is 0 Å².